The average molecular weight is 340 g/mol. The molecule has 1 aromatic carbocycles. The van der Waals surface area contributed by atoms with Crippen molar-refractivity contribution in [2.45, 2.75) is 6.92 Å². The van der Waals surface area contributed by atoms with Crippen molar-refractivity contribution in [3.63, 3.8) is 0 Å². The Balaban J connectivity index is 1.99. The van der Waals surface area contributed by atoms with Gasteiger partial charge in [0.05, 0.1) is 6.54 Å². The van der Waals surface area contributed by atoms with Crippen LogP contribution in [-0.2, 0) is 4.79 Å². The molecular weight excluding hydrogens is 322 g/mol. The van der Waals surface area contributed by atoms with Crippen molar-refractivity contribution in [3.8, 4) is 0 Å². The van der Waals surface area contributed by atoms with Crippen molar-refractivity contribution in [3.05, 3.63) is 33.8 Å². The van der Waals surface area contributed by atoms with E-state index in [-0.39, 0.29) is 18.4 Å². The number of carbonyl (C=O) groups excluding carboxylic acids is 2. The van der Waals surface area contributed by atoms with E-state index in [2.05, 4.69) is 15.9 Å². The SMILES string of the molecule is Cc1cc(Br)ccc1C(=O)N1CCN(CC(N)=O)CC1. The largest absolute Gasteiger partial charge is 0.369 e. The van der Waals surface area contributed by atoms with Crippen LogP contribution in [0.4, 0.5) is 0 Å². The van der Waals surface area contributed by atoms with Crippen molar-refractivity contribution in [1.29, 1.82) is 0 Å². The number of primary amides is 1. The number of nitrogens with two attached hydrogens (primary N) is 1. The summed E-state index contributed by atoms with van der Waals surface area (Å²) in [6.45, 7) is 4.82. The number of benzene rings is 1. The van der Waals surface area contributed by atoms with E-state index in [0.29, 0.717) is 26.2 Å². The monoisotopic (exact) mass is 339 g/mol. The van der Waals surface area contributed by atoms with E-state index >= 15 is 0 Å². The number of amides is 2. The summed E-state index contributed by atoms with van der Waals surface area (Å²) in [6, 6.07) is 5.66. The van der Waals surface area contributed by atoms with Crippen molar-refractivity contribution in [2.24, 2.45) is 5.73 Å². The number of rotatable bonds is 3. The van der Waals surface area contributed by atoms with Crippen molar-refractivity contribution in [2.75, 3.05) is 32.7 Å². The first-order chi connectivity index (χ1) is 9.47. The van der Waals surface area contributed by atoms with Crippen LogP contribution in [0.5, 0.6) is 0 Å². The van der Waals surface area contributed by atoms with Gasteiger partial charge in [-0.25, -0.2) is 0 Å². The zero-order valence-electron chi connectivity index (χ0n) is 11.4. The standard InChI is InChI=1S/C14H18BrN3O2/c1-10-8-11(15)2-3-12(10)14(20)18-6-4-17(5-7-18)9-13(16)19/h2-3,8H,4-7,9H2,1H3,(H2,16,19). The lowest BCUT2D eigenvalue weighted by Crippen LogP contribution is -2.50. The Kier molecular flexibility index (Phi) is 4.77. The first kappa shape index (κ1) is 15.0. The lowest BCUT2D eigenvalue weighted by Gasteiger charge is -2.34. The summed E-state index contributed by atoms with van der Waals surface area (Å²) in [5.41, 5.74) is 6.87. The van der Waals surface area contributed by atoms with Crippen LogP contribution in [0.2, 0.25) is 0 Å². The highest BCUT2D eigenvalue weighted by Gasteiger charge is 2.23. The molecular formula is C14H18BrN3O2. The third-order valence-corrected chi connectivity index (χ3v) is 3.95. The summed E-state index contributed by atoms with van der Waals surface area (Å²) in [4.78, 5) is 27.1. The Labute approximate surface area is 126 Å². The molecule has 6 heteroatoms. The number of nitrogens with zero attached hydrogens (tertiary/aromatic N) is 2. The normalized spacial score (nSPS) is 16.2. The van der Waals surface area contributed by atoms with Gasteiger partial charge >= 0.3 is 0 Å². The van der Waals surface area contributed by atoms with Crippen LogP contribution < -0.4 is 5.73 Å². The molecule has 1 fully saturated rings. The molecule has 108 valence electrons. The maximum Gasteiger partial charge on any atom is 0.254 e. The van der Waals surface area contributed by atoms with Crippen LogP contribution in [0, 0.1) is 6.92 Å². The molecule has 0 aromatic heterocycles. The number of piperazine rings is 1. The molecule has 0 saturated carbocycles. The van der Waals surface area contributed by atoms with E-state index in [1.807, 2.05) is 34.9 Å². The highest BCUT2D eigenvalue weighted by molar-refractivity contribution is 9.10. The second-order valence-electron chi connectivity index (χ2n) is 4.99. The fourth-order valence-corrected chi connectivity index (χ4v) is 2.84. The smallest absolute Gasteiger partial charge is 0.254 e. The minimum Gasteiger partial charge on any atom is -0.369 e. The van der Waals surface area contributed by atoms with Crippen LogP contribution in [0.3, 0.4) is 0 Å². The molecule has 0 aliphatic carbocycles. The van der Waals surface area contributed by atoms with Crippen molar-refractivity contribution < 1.29 is 9.59 Å². The molecule has 2 rings (SSSR count). The first-order valence-corrected chi connectivity index (χ1v) is 7.33. The van der Waals surface area contributed by atoms with E-state index in [1.54, 1.807) is 0 Å². The second-order valence-corrected chi connectivity index (χ2v) is 5.91. The molecule has 1 heterocycles. The lowest BCUT2D eigenvalue weighted by atomic mass is 10.1. The lowest BCUT2D eigenvalue weighted by molar-refractivity contribution is -0.119. The molecule has 1 saturated heterocycles. The van der Waals surface area contributed by atoms with E-state index in [4.69, 9.17) is 5.73 Å². The minimum atomic E-state index is -0.325. The van der Waals surface area contributed by atoms with Gasteiger partial charge in [-0.15, -0.1) is 0 Å². The molecule has 0 radical (unpaired) electrons. The molecule has 1 aliphatic heterocycles. The highest BCUT2D eigenvalue weighted by Crippen LogP contribution is 2.18. The van der Waals surface area contributed by atoms with Crippen molar-refractivity contribution >= 4 is 27.7 Å². The summed E-state index contributed by atoms with van der Waals surface area (Å²) in [5, 5.41) is 0. The number of halogens is 1. The number of hydrogen-bond acceptors (Lipinski definition) is 3. The molecule has 1 aliphatic rings. The number of carbonyl (C=O) groups is 2. The topological polar surface area (TPSA) is 66.6 Å². The van der Waals surface area contributed by atoms with Crippen LogP contribution in [0.15, 0.2) is 22.7 Å². The molecule has 2 amide bonds. The van der Waals surface area contributed by atoms with Crippen LogP contribution >= 0.6 is 15.9 Å². The van der Waals surface area contributed by atoms with Gasteiger partial charge in [0.15, 0.2) is 0 Å². The summed E-state index contributed by atoms with van der Waals surface area (Å²) >= 11 is 3.40. The first-order valence-electron chi connectivity index (χ1n) is 6.53. The predicted molar refractivity (Wildman–Crippen MR) is 80.4 cm³/mol. The van der Waals surface area contributed by atoms with Gasteiger partial charge in [0.25, 0.3) is 5.91 Å². The number of hydrogen-bond donors (Lipinski definition) is 1. The van der Waals surface area contributed by atoms with Gasteiger partial charge < -0.3 is 10.6 Å². The fourth-order valence-electron chi connectivity index (χ4n) is 2.37. The van der Waals surface area contributed by atoms with Gasteiger partial charge in [0.2, 0.25) is 5.91 Å². The third kappa shape index (κ3) is 3.58. The molecule has 2 N–H and O–H groups in total. The van der Waals surface area contributed by atoms with Gasteiger partial charge in [-0.05, 0) is 30.7 Å². The Morgan fingerprint density at radius 2 is 1.90 bits per heavy atom. The molecule has 0 atom stereocenters. The third-order valence-electron chi connectivity index (χ3n) is 3.46. The van der Waals surface area contributed by atoms with Crippen molar-refractivity contribution in [1.82, 2.24) is 9.80 Å². The Hall–Kier alpha value is -1.40. The second kappa shape index (κ2) is 6.37. The Morgan fingerprint density at radius 3 is 2.45 bits per heavy atom. The average Bonchev–Trinajstić information content (AvgIpc) is 2.38. The molecule has 0 bridgehead atoms. The quantitative estimate of drug-likeness (QED) is 0.893. The number of aryl methyl sites for hydroxylation is 1. The summed E-state index contributed by atoms with van der Waals surface area (Å²) in [6.07, 6.45) is 0. The summed E-state index contributed by atoms with van der Waals surface area (Å²) in [5.74, 6) is -0.276. The van der Waals surface area contributed by atoms with E-state index in [1.165, 1.54) is 0 Å². The zero-order chi connectivity index (χ0) is 14.7. The fraction of sp³-hybridized carbons (Fsp3) is 0.429. The van der Waals surface area contributed by atoms with Crippen LogP contribution in [-0.4, -0.2) is 54.3 Å². The predicted octanol–water partition coefficient (Wildman–Crippen LogP) is 1.00. The minimum absolute atomic E-state index is 0.0497. The van der Waals surface area contributed by atoms with Gasteiger partial charge in [-0.2, -0.15) is 0 Å². The van der Waals surface area contributed by atoms with E-state index in [0.717, 1.165) is 15.6 Å². The molecule has 20 heavy (non-hydrogen) atoms. The molecule has 5 nitrogen and oxygen atoms in total. The Bertz CT molecular complexity index is 525. The van der Waals surface area contributed by atoms with Gasteiger partial charge in [0, 0.05) is 36.2 Å². The molecule has 0 unspecified atom stereocenters. The molecule has 0 spiro atoms. The van der Waals surface area contributed by atoms with E-state index in [9.17, 15) is 9.59 Å². The van der Waals surface area contributed by atoms with Crippen LogP contribution in [0.1, 0.15) is 15.9 Å². The molecule has 1 aromatic rings. The maximum absolute atomic E-state index is 12.5. The zero-order valence-corrected chi connectivity index (χ0v) is 13.0. The van der Waals surface area contributed by atoms with E-state index < -0.39 is 0 Å². The van der Waals surface area contributed by atoms with Crippen LogP contribution in [0.25, 0.3) is 0 Å². The van der Waals surface area contributed by atoms with Gasteiger partial charge in [-0.1, -0.05) is 15.9 Å². The summed E-state index contributed by atoms with van der Waals surface area (Å²) < 4.78 is 0.970. The Morgan fingerprint density at radius 1 is 1.25 bits per heavy atom. The maximum atomic E-state index is 12.5. The van der Waals surface area contributed by atoms with Gasteiger partial charge in [-0.3, -0.25) is 14.5 Å². The van der Waals surface area contributed by atoms with Gasteiger partial charge in [0.1, 0.15) is 0 Å². The highest BCUT2D eigenvalue weighted by atomic mass is 79.9. The summed E-state index contributed by atoms with van der Waals surface area (Å²) in [7, 11) is 0.